The fourth-order valence-corrected chi connectivity index (χ4v) is 2.44. The SMILES string of the molecule is CCCN(CC)CC1CC(C)C1C. The molecule has 0 N–H and O–H groups in total. The van der Waals surface area contributed by atoms with E-state index in [4.69, 9.17) is 0 Å². The van der Waals surface area contributed by atoms with Crippen LogP contribution in [0.3, 0.4) is 0 Å². The lowest BCUT2D eigenvalue weighted by molar-refractivity contribution is 0.0631. The molecule has 1 aliphatic carbocycles. The summed E-state index contributed by atoms with van der Waals surface area (Å²) < 4.78 is 0. The Bertz CT molecular complexity index is 142. The van der Waals surface area contributed by atoms with Crippen molar-refractivity contribution in [2.24, 2.45) is 17.8 Å². The van der Waals surface area contributed by atoms with Crippen molar-refractivity contribution < 1.29 is 0 Å². The van der Waals surface area contributed by atoms with Crippen molar-refractivity contribution >= 4 is 0 Å². The fraction of sp³-hybridized carbons (Fsp3) is 1.00. The van der Waals surface area contributed by atoms with Crippen LogP contribution in [0.5, 0.6) is 0 Å². The van der Waals surface area contributed by atoms with E-state index in [0.717, 1.165) is 17.8 Å². The van der Waals surface area contributed by atoms with Crippen molar-refractivity contribution in [1.29, 1.82) is 0 Å². The summed E-state index contributed by atoms with van der Waals surface area (Å²) >= 11 is 0. The molecule has 0 saturated heterocycles. The number of hydrogen-bond donors (Lipinski definition) is 0. The lowest BCUT2D eigenvalue weighted by Crippen LogP contribution is -2.41. The molecule has 1 aliphatic rings. The lowest BCUT2D eigenvalue weighted by atomic mass is 9.66. The van der Waals surface area contributed by atoms with Gasteiger partial charge in [0.05, 0.1) is 0 Å². The molecule has 3 atom stereocenters. The molecule has 1 nitrogen and oxygen atoms in total. The topological polar surface area (TPSA) is 3.24 Å². The van der Waals surface area contributed by atoms with Crippen molar-refractivity contribution in [3.05, 3.63) is 0 Å². The highest BCUT2D eigenvalue weighted by Gasteiger charge is 2.34. The number of hydrogen-bond acceptors (Lipinski definition) is 1. The predicted octanol–water partition coefficient (Wildman–Crippen LogP) is 3.01. The van der Waals surface area contributed by atoms with Gasteiger partial charge in [0.2, 0.25) is 0 Å². The Balaban J connectivity index is 2.23. The molecule has 78 valence electrons. The molecule has 0 aromatic rings. The van der Waals surface area contributed by atoms with Crippen LogP contribution in [0.25, 0.3) is 0 Å². The molecule has 0 spiro atoms. The first-order valence-electron chi connectivity index (χ1n) is 5.91. The molecule has 13 heavy (non-hydrogen) atoms. The van der Waals surface area contributed by atoms with Gasteiger partial charge in [0.25, 0.3) is 0 Å². The molecule has 0 aromatic carbocycles. The monoisotopic (exact) mass is 183 g/mol. The van der Waals surface area contributed by atoms with E-state index in [1.807, 2.05) is 0 Å². The largest absolute Gasteiger partial charge is 0.303 e. The molecule has 1 rings (SSSR count). The Morgan fingerprint density at radius 1 is 1.23 bits per heavy atom. The molecular formula is C12H25N. The second kappa shape index (κ2) is 4.99. The molecule has 0 heterocycles. The second-order valence-electron chi connectivity index (χ2n) is 4.73. The van der Waals surface area contributed by atoms with Crippen LogP contribution >= 0.6 is 0 Å². The van der Waals surface area contributed by atoms with Gasteiger partial charge in [-0.2, -0.15) is 0 Å². The maximum Gasteiger partial charge on any atom is 0.00123 e. The van der Waals surface area contributed by atoms with Crippen LogP contribution in [-0.4, -0.2) is 24.5 Å². The number of nitrogens with zero attached hydrogens (tertiary/aromatic N) is 1. The van der Waals surface area contributed by atoms with Crippen molar-refractivity contribution in [1.82, 2.24) is 4.90 Å². The van der Waals surface area contributed by atoms with Gasteiger partial charge in [-0.1, -0.05) is 27.7 Å². The van der Waals surface area contributed by atoms with Gasteiger partial charge in [0.1, 0.15) is 0 Å². The summed E-state index contributed by atoms with van der Waals surface area (Å²) in [6.45, 7) is 13.2. The van der Waals surface area contributed by atoms with E-state index in [1.54, 1.807) is 0 Å². The lowest BCUT2D eigenvalue weighted by Gasteiger charge is -2.43. The third-order valence-electron chi connectivity index (χ3n) is 3.80. The molecule has 0 aromatic heterocycles. The molecule has 0 bridgehead atoms. The summed E-state index contributed by atoms with van der Waals surface area (Å²) in [7, 11) is 0. The van der Waals surface area contributed by atoms with Gasteiger partial charge in [-0.25, -0.2) is 0 Å². The van der Waals surface area contributed by atoms with E-state index in [0.29, 0.717) is 0 Å². The van der Waals surface area contributed by atoms with Gasteiger partial charge < -0.3 is 4.90 Å². The zero-order chi connectivity index (χ0) is 9.84. The average molecular weight is 183 g/mol. The van der Waals surface area contributed by atoms with E-state index in [9.17, 15) is 0 Å². The molecule has 0 amide bonds. The Labute approximate surface area is 83.5 Å². The summed E-state index contributed by atoms with van der Waals surface area (Å²) in [5, 5.41) is 0. The van der Waals surface area contributed by atoms with Crippen molar-refractivity contribution in [2.45, 2.75) is 40.5 Å². The van der Waals surface area contributed by atoms with Gasteiger partial charge in [-0.3, -0.25) is 0 Å². The molecular weight excluding hydrogens is 158 g/mol. The molecule has 0 radical (unpaired) electrons. The van der Waals surface area contributed by atoms with Gasteiger partial charge >= 0.3 is 0 Å². The first-order valence-corrected chi connectivity index (χ1v) is 5.91. The summed E-state index contributed by atoms with van der Waals surface area (Å²) in [6, 6.07) is 0. The van der Waals surface area contributed by atoms with Gasteiger partial charge in [-0.15, -0.1) is 0 Å². The van der Waals surface area contributed by atoms with Crippen LogP contribution in [0.1, 0.15) is 40.5 Å². The second-order valence-corrected chi connectivity index (χ2v) is 4.73. The summed E-state index contributed by atoms with van der Waals surface area (Å²) in [5.74, 6) is 2.93. The minimum absolute atomic E-state index is 0.964. The third-order valence-corrected chi connectivity index (χ3v) is 3.80. The van der Waals surface area contributed by atoms with E-state index >= 15 is 0 Å². The quantitative estimate of drug-likeness (QED) is 0.633. The minimum atomic E-state index is 0.964. The molecule has 1 fully saturated rings. The van der Waals surface area contributed by atoms with E-state index in [2.05, 4.69) is 32.6 Å². The first kappa shape index (κ1) is 11.0. The minimum Gasteiger partial charge on any atom is -0.303 e. The van der Waals surface area contributed by atoms with Gasteiger partial charge in [-0.05, 0) is 43.7 Å². The van der Waals surface area contributed by atoms with Crippen LogP contribution in [-0.2, 0) is 0 Å². The normalized spacial score (nSPS) is 33.5. The smallest absolute Gasteiger partial charge is 0.00123 e. The molecule has 1 saturated carbocycles. The highest BCUT2D eigenvalue weighted by atomic mass is 15.1. The Kier molecular flexibility index (Phi) is 4.24. The zero-order valence-electron chi connectivity index (χ0n) is 9.71. The van der Waals surface area contributed by atoms with Crippen LogP contribution in [0.15, 0.2) is 0 Å². The Morgan fingerprint density at radius 2 is 1.92 bits per heavy atom. The van der Waals surface area contributed by atoms with Crippen molar-refractivity contribution in [2.75, 3.05) is 19.6 Å². The standard InChI is InChI=1S/C12H25N/c1-5-7-13(6-2)9-12-8-10(3)11(12)4/h10-12H,5-9H2,1-4H3. The molecule has 1 heteroatoms. The third kappa shape index (κ3) is 2.70. The van der Waals surface area contributed by atoms with Crippen LogP contribution in [0.2, 0.25) is 0 Å². The summed E-state index contributed by atoms with van der Waals surface area (Å²) in [6.07, 6.45) is 2.76. The van der Waals surface area contributed by atoms with Crippen molar-refractivity contribution in [3.63, 3.8) is 0 Å². The van der Waals surface area contributed by atoms with Crippen LogP contribution in [0, 0.1) is 17.8 Å². The first-order chi connectivity index (χ1) is 6.19. The van der Waals surface area contributed by atoms with Crippen molar-refractivity contribution in [3.8, 4) is 0 Å². The maximum absolute atomic E-state index is 2.60. The summed E-state index contributed by atoms with van der Waals surface area (Å²) in [5.41, 5.74) is 0. The van der Waals surface area contributed by atoms with E-state index in [1.165, 1.54) is 32.5 Å². The number of rotatable bonds is 5. The maximum atomic E-state index is 2.60. The highest BCUT2D eigenvalue weighted by molar-refractivity contribution is 4.85. The van der Waals surface area contributed by atoms with Gasteiger partial charge in [0.15, 0.2) is 0 Å². The van der Waals surface area contributed by atoms with Crippen LogP contribution in [0.4, 0.5) is 0 Å². The predicted molar refractivity (Wildman–Crippen MR) is 58.8 cm³/mol. The van der Waals surface area contributed by atoms with Crippen LogP contribution < -0.4 is 0 Å². The highest BCUT2D eigenvalue weighted by Crippen LogP contribution is 2.39. The average Bonchev–Trinajstić information content (AvgIpc) is 2.15. The van der Waals surface area contributed by atoms with E-state index in [-0.39, 0.29) is 0 Å². The molecule has 0 aliphatic heterocycles. The summed E-state index contributed by atoms with van der Waals surface area (Å²) in [4.78, 5) is 2.60. The van der Waals surface area contributed by atoms with E-state index < -0.39 is 0 Å². The zero-order valence-corrected chi connectivity index (χ0v) is 9.71. The Hall–Kier alpha value is -0.0400. The van der Waals surface area contributed by atoms with Gasteiger partial charge in [0, 0.05) is 6.54 Å². The fourth-order valence-electron chi connectivity index (χ4n) is 2.44. The molecule has 3 unspecified atom stereocenters. The Morgan fingerprint density at radius 3 is 2.31 bits per heavy atom.